The normalized spacial score (nSPS) is 10.9. The molecule has 0 aliphatic carbocycles. The van der Waals surface area contributed by atoms with Crippen LogP contribution in [0.5, 0.6) is 5.75 Å². The van der Waals surface area contributed by atoms with Gasteiger partial charge in [-0.3, -0.25) is 9.59 Å². The monoisotopic (exact) mass is 466 g/mol. The molecule has 0 fully saturated rings. The average molecular weight is 467 g/mol. The van der Waals surface area contributed by atoms with Crippen LogP contribution in [-0.4, -0.2) is 25.0 Å². The van der Waals surface area contributed by atoms with Gasteiger partial charge in [0.05, 0.1) is 17.9 Å². The molecular weight excluding hydrogens is 436 g/mol. The number of nitrogens with one attached hydrogen (secondary N) is 1. The van der Waals surface area contributed by atoms with Crippen molar-refractivity contribution in [1.29, 1.82) is 0 Å². The zero-order valence-electron chi connectivity index (χ0n) is 20.3. The van der Waals surface area contributed by atoms with Gasteiger partial charge in [-0.05, 0) is 60.7 Å². The van der Waals surface area contributed by atoms with Crippen molar-refractivity contribution in [3.8, 4) is 5.75 Å². The molecular formula is C30H30N2O3. The van der Waals surface area contributed by atoms with Crippen molar-refractivity contribution in [3.05, 3.63) is 102 Å². The van der Waals surface area contributed by atoms with Gasteiger partial charge in [0.1, 0.15) is 5.75 Å². The lowest BCUT2D eigenvalue weighted by molar-refractivity contribution is 0.0987. The van der Waals surface area contributed by atoms with E-state index in [1.54, 1.807) is 41.3 Å². The van der Waals surface area contributed by atoms with E-state index in [1.165, 1.54) is 0 Å². The van der Waals surface area contributed by atoms with E-state index in [9.17, 15) is 9.59 Å². The van der Waals surface area contributed by atoms with Crippen LogP contribution in [0, 0.1) is 5.92 Å². The lowest BCUT2D eigenvalue weighted by Crippen LogP contribution is -2.30. The molecule has 0 saturated carbocycles. The van der Waals surface area contributed by atoms with Gasteiger partial charge in [0.2, 0.25) is 0 Å². The van der Waals surface area contributed by atoms with Crippen LogP contribution < -0.4 is 15.0 Å². The molecule has 4 aromatic carbocycles. The number of anilines is 2. The van der Waals surface area contributed by atoms with Crippen LogP contribution in [0.15, 0.2) is 91.0 Å². The molecule has 0 atom stereocenters. The minimum absolute atomic E-state index is 0.0887. The summed E-state index contributed by atoms with van der Waals surface area (Å²) in [5.74, 6) is 0.565. The Kier molecular flexibility index (Phi) is 7.46. The fraction of sp³-hybridized carbons (Fsp3) is 0.200. The Hall–Kier alpha value is -4.12. The van der Waals surface area contributed by atoms with Crippen molar-refractivity contribution in [2.45, 2.75) is 20.8 Å². The number of hydrogen-bond donors (Lipinski definition) is 1. The Labute approximate surface area is 206 Å². The van der Waals surface area contributed by atoms with Crippen LogP contribution in [-0.2, 0) is 0 Å². The van der Waals surface area contributed by atoms with Crippen molar-refractivity contribution in [2.75, 3.05) is 23.4 Å². The number of fused-ring (bicyclic) bond motifs is 1. The van der Waals surface area contributed by atoms with Crippen LogP contribution in [0.4, 0.5) is 11.4 Å². The predicted octanol–water partition coefficient (Wildman–Crippen LogP) is 6.79. The lowest BCUT2D eigenvalue weighted by atomic mass is 10.1. The van der Waals surface area contributed by atoms with E-state index in [4.69, 9.17) is 4.74 Å². The second kappa shape index (κ2) is 10.9. The van der Waals surface area contributed by atoms with Gasteiger partial charge in [-0.1, -0.05) is 62.4 Å². The van der Waals surface area contributed by atoms with Crippen molar-refractivity contribution < 1.29 is 14.3 Å². The molecule has 2 amide bonds. The summed E-state index contributed by atoms with van der Waals surface area (Å²) in [6.45, 7) is 7.16. The summed E-state index contributed by atoms with van der Waals surface area (Å²) in [4.78, 5) is 28.0. The van der Waals surface area contributed by atoms with Gasteiger partial charge in [0.15, 0.2) is 0 Å². The molecule has 1 N–H and O–H groups in total. The number of ether oxygens (including phenoxy) is 1. The van der Waals surface area contributed by atoms with Crippen molar-refractivity contribution in [1.82, 2.24) is 0 Å². The highest BCUT2D eigenvalue weighted by atomic mass is 16.5. The number of amides is 2. The summed E-state index contributed by atoms with van der Waals surface area (Å²) in [7, 11) is 0. The molecule has 0 aromatic heterocycles. The van der Waals surface area contributed by atoms with Gasteiger partial charge >= 0.3 is 0 Å². The fourth-order valence-electron chi connectivity index (χ4n) is 3.95. The molecule has 0 aliphatic rings. The summed E-state index contributed by atoms with van der Waals surface area (Å²) < 4.78 is 5.81. The number of para-hydroxylation sites is 1. The Morgan fingerprint density at radius 3 is 2.29 bits per heavy atom. The molecule has 5 nitrogen and oxygen atoms in total. The van der Waals surface area contributed by atoms with Crippen LogP contribution in [0.2, 0.25) is 0 Å². The molecule has 0 saturated heterocycles. The van der Waals surface area contributed by atoms with Gasteiger partial charge in [0.25, 0.3) is 11.8 Å². The molecule has 35 heavy (non-hydrogen) atoms. The molecule has 178 valence electrons. The molecule has 5 heteroatoms. The number of carbonyl (C=O) groups excluding carboxylic acids is 2. The van der Waals surface area contributed by atoms with Crippen LogP contribution in [0.3, 0.4) is 0 Å². The van der Waals surface area contributed by atoms with Crippen molar-refractivity contribution >= 4 is 34.0 Å². The number of rotatable bonds is 8. The number of nitrogens with zero attached hydrogens (tertiary/aromatic N) is 1. The summed E-state index contributed by atoms with van der Waals surface area (Å²) in [5, 5.41) is 5.03. The smallest absolute Gasteiger partial charge is 0.259 e. The predicted molar refractivity (Wildman–Crippen MR) is 142 cm³/mol. The van der Waals surface area contributed by atoms with Crippen molar-refractivity contribution in [3.63, 3.8) is 0 Å². The fourth-order valence-corrected chi connectivity index (χ4v) is 3.95. The number of carbonyl (C=O) groups is 2. The standard InChI is InChI=1S/C30H30N2O3/c1-4-32(27-14-9-11-22-10-5-6-12-25(22)27)30(34)23-16-18-24(19-17-23)31-29(33)26-13-7-8-15-28(26)35-20-21(2)3/h5-19,21H,4,20H2,1-3H3,(H,31,33). The Bertz CT molecular complexity index is 1320. The second-order valence-electron chi connectivity index (χ2n) is 8.78. The van der Waals surface area contributed by atoms with E-state index in [0.717, 1.165) is 16.5 Å². The number of hydrogen-bond acceptors (Lipinski definition) is 3. The number of benzene rings is 4. The second-order valence-corrected chi connectivity index (χ2v) is 8.78. The summed E-state index contributed by atoms with van der Waals surface area (Å²) >= 11 is 0. The molecule has 0 unspecified atom stereocenters. The van der Waals surface area contributed by atoms with E-state index < -0.39 is 0 Å². The van der Waals surface area contributed by atoms with Crippen molar-refractivity contribution in [2.24, 2.45) is 5.92 Å². The third kappa shape index (κ3) is 5.52. The highest BCUT2D eigenvalue weighted by molar-refractivity contribution is 6.11. The molecule has 0 bridgehead atoms. The SMILES string of the molecule is CCN(C(=O)c1ccc(NC(=O)c2ccccc2OCC(C)C)cc1)c1cccc2ccccc12. The van der Waals surface area contributed by atoms with E-state index in [0.29, 0.717) is 41.6 Å². The first-order valence-electron chi connectivity index (χ1n) is 11.9. The summed E-state index contributed by atoms with van der Waals surface area (Å²) in [5.41, 5.74) is 2.52. The van der Waals surface area contributed by atoms with E-state index in [2.05, 4.69) is 19.2 Å². The zero-order valence-corrected chi connectivity index (χ0v) is 20.3. The molecule has 4 aromatic rings. The first kappa shape index (κ1) is 24.0. The molecule has 4 rings (SSSR count). The first-order valence-corrected chi connectivity index (χ1v) is 11.9. The summed E-state index contributed by atoms with van der Waals surface area (Å²) in [6.07, 6.45) is 0. The Morgan fingerprint density at radius 2 is 1.54 bits per heavy atom. The zero-order chi connectivity index (χ0) is 24.8. The molecule has 0 heterocycles. The largest absolute Gasteiger partial charge is 0.492 e. The lowest BCUT2D eigenvalue weighted by Gasteiger charge is -2.23. The van der Waals surface area contributed by atoms with Gasteiger partial charge in [0, 0.05) is 23.2 Å². The first-order chi connectivity index (χ1) is 17.0. The molecule has 0 spiro atoms. The van der Waals surface area contributed by atoms with E-state index in [1.807, 2.05) is 61.5 Å². The highest BCUT2D eigenvalue weighted by Gasteiger charge is 2.19. The van der Waals surface area contributed by atoms with Crippen LogP contribution in [0.25, 0.3) is 10.8 Å². The highest BCUT2D eigenvalue weighted by Crippen LogP contribution is 2.28. The van der Waals surface area contributed by atoms with Gasteiger partial charge in [-0.2, -0.15) is 0 Å². The van der Waals surface area contributed by atoms with Crippen LogP contribution >= 0.6 is 0 Å². The quantitative estimate of drug-likeness (QED) is 0.311. The van der Waals surface area contributed by atoms with E-state index >= 15 is 0 Å². The Morgan fingerprint density at radius 1 is 0.857 bits per heavy atom. The Balaban J connectivity index is 1.51. The van der Waals surface area contributed by atoms with Crippen LogP contribution in [0.1, 0.15) is 41.5 Å². The molecule has 0 aliphatic heterocycles. The van der Waals surface area contributed by atoms with Gasteiger partial charge in [-0.15, -0.1) is 0 Å². The average Bonchev–Trinajstić information content (AvgIpc) is 2.88. The maximum Gasteiger partial charge on any atom is 0.259 e. The van der Waals surface area contributed by atoms with Gasteiger partial charge < -0.3 is 15.0 Å². The minimum atomic E-state index is -0.255. The topological polar surface area (TPSA) is 58.6 Å². The summed E-state index contributed by atoms with van der Waals surface area (Å²) in [6, 6.07) is 28.2. The third-order valence-electron chi connectivity index (χ3n) is 5.71. The third-order valence-corrected chi connectivity index (χ3v) is 5.71. The maximum atomic E-state index is 13.4. The minimum Gasteiger partial charge on any atom is -0.492 e. The maximum absolute atomic E-state index is 13.4. The van der Waals surface area contributed by atoms with E-state index in [-0.39, 0.29) is 11.8 Å². The van der Waals surface area contributed by atoms with Gasteiger partial charge in [-0.25, -0.2) is 0 Å². The molecule has 0 radical (unpaired) electrons.